The Labute approximate surface area is 214 Å². The maximum absolute atomic E-state index is 14.8. The quantitative estimate of drug-likeness (QED) is 0.323. The van der Waals surface area contributed by atoms with E-state index < -0.39 is 11.8 Å². The number of H-pyrrole nitrogens is 1. The summed E-state index contributed by atoms with van der Waals surface area (Å²) in [5, 5.41) is 12.1. The van der Waals surface area contributed by atoms with E-state index in [1.165, 1.54) is 12.1 Å². The van der Waals surface area contributed by atoms with Crippen molar-refractivity contribution in [3.8, 4) is 22.8 Å². The molecule has 0 spiro atoms. The Morgan fingerprint density at radius 1 is 1.14 bits per heavy atom. The Morgan fingerprint density at radius 2 is 1.97 bits per heavy atom. The number of ether oxygens (including phenoxy) is 1. The van der Waals surface area contributed by atoms with Gasteiger partial charge in [-0.3, -0.25) is 10.1 Å². The number of hydrogen-bond donors (Lipinski definition) is 3. The average molecular weight is 502 g/mol. The fraction of sp³-hybridized carbons (Fsp3) is 0.222. The lowest BCUT2D eigenvalue weighted by atomic mass is 10.2. The number of nitrogens with zero attached hydrogens (tertiary/aromatic N) is 4. The van der Waals surface area contributed by atoms with Gasteiger partial charge < -0.3 is 25.2 Å². The maximum atomic E-state index is 14.8. The highest BCUT2D eigenvalue weighted by Gasteiger charge is 2.24. The molecule has 0 saturated carbocycles. The zero-order valence-electron chi connectivity index (χ0n) is 20.6. The van der Waals surface area contributed by atoms with Crippen LogP contribution in [0.15, 0.2) is 73.2 Å². The summed E-state index contributed by atoms with van der Waals surface area (Å²) in [5.41, 5.74) is 3.46. The summed E-state index contributed by atoms with van der Waals surface area (Å²) in [7, 11) is 4.19. The Hall–Kier alpha value is -4.44. The Balaban J connectivity index is 1.20. The van der Waals surface area contributed by atoms with E-state index in [0.717, 1.165) is 30.8 Å². The molecule has 9 nitrogen and oxygen atoms in total. The Morgan fingerprint density at radius 3 is 2.70 bits per heavy atom. The summed E-state index contributed by atoms with van der Waals surface area (Å²) < 4.78 is 20.5. The molecule has 1 aliphatic heterocycles. The topological polar surface area (TPSA) is 98.4 Å². The molecule has 2 amide bonds. The third kappa shape index (κ3) is 5.87. The van der Waals surface area contributed by atoms with Crippen LogP contribution in [0, 0.1) is 5.82 Å². The molecule has 3 N–H and O–H groups in total. The molecule has 2 aromatic carbocycles. The second-order valence-electron chi connectivity index (χ2n) is 9.09. The van der Waals surface area contributed by atoms with Crippen LogP contribution in [0.25, 0.3) is 11.3 Å². The van der Waals surface area contributed by atoms with Crippen LogP contribution in [0.2, 0.25) is 0 Å². The van der Waals surface area contributed by atoms with Crippen molar-refractivity contribution in [3.05, 3.63) is 79.0 Å². The first-order chi connectivity index (χ1) is 17.9. The molecule has 0 radical (unpaired) electrons. The Bertz CT molecular complexity index is 1380. The highest BCUT2D eigenvalue weighted by molar-refractivity contribution is 6.00. The van der Waals surface area contributed by atoms with Gasteiger partial charge >= 0.3 is 6.03 Å². The molecule has 1 atom stereocenters. The van der Waals surface area contributed by atoms with E-state index in [0.29, 0.717) is 28.9 Å². The van der Waals surface area contributed by atoms with Gasteiger partial charge in [-0.2, -0.15) is 5.10 Å². The molecular weight excluding hydrogens is 473 g/mol. The van der Waals surface area contributed by atoms with Gasteiger partial charge in [0.2, 0.25) is 0 Å². The highest BCUT2D eigenvalue weighted by atomic mass is 19.1. The van der Waals surface area contributed by atoms with E-state index >= 15 is 0 Å². The molecule has 37 heavy (non-hydrogen) atoms. The molecule has 1 unspecified atom stereocenters. The van der Waals surface area contributed by atoms with Crippen LogP contribution in [0.4, 0.5) is 26.2 Å². The molecule has 2 aromatic heterocycles. The van der Waals surface area contributed by atoms with Crippen LogP contribution in [0.5, 0.6) is 11.5 Å². The molecule has 5 rings (SSSR count). The largest absolute Gasteiger partial charge is 0.454 e. The number of hydrogen-bond acceptors (Lipinski definition) is 6. The summed E-state index contributed by atoms with van der Waals surface area (Å²) in [4.78, 5) is 21.4. The van der Waals surface area contributed by atoms with E-state index in [2.05, 4.69) is 49.7 Å². The van der Waals surface area contributed by atoms with Crippen molar-refractivity contribution in [2.45, 2.75) is 12.5 Å². The number of aromatic nitrogens is 3. The molecule has 190 valence electrons. The smallest absolute Gasteiger partial charge is 0.323 e. The summed E-state index contributed by atoms with van der Waals surface area (Å²) >= 11 is 0. The Kier molecular flexibility index (Phi) is 7.00. The van der Waals surface area contributed by atoms with Crippen molar-refractivity contribution in [2.75, 3.05) is 42.7 Å². The minimum absolute atomic E-state index is 0.0321. The summed E-state index contributed by atoms with van der Waals surface area (Å²) in [5.74, 6) is -0.145. The number of benzene rings is 2. The van der Waals surface area contributed by atoms with Crippen LogP contribution in [0.3, 0.4) is 0 Å². The first kappa shape index (κ1) is 24.3. The maximum Gasteiger partial charge on any atom is 0.323 e. The third-order valence-corrected chi connectivity index (χ3v) is 6.31. The highest BCUT2D eigenvalue weighted by Crippen LogP contribution is 2.29. The van der Waals surface area contributed by atoms with Crippen molar-refractivity contribution in [2.24, 2.45) is 0 Å². The zero-order valence-corrected chi connectivity index (χ0v) is 20.6. The molecule has 4 aromatic rings. The lowest BCUT2D eigenvalue weighted by Crippen LogP contribution is -2.31. The van der Waals surface area contributed by atoms with Crippen LogP contribution in [-0.2, 0) is 0 Å². The lowest BCUT2D eigenvalue weighted by molar-refractivity contribution is 0.262. The molecule has 3 heterocycles. The van der Waals surface area contributed by atoms with Gasteiger partial charge in [0.15, 0.2) is 11.6 Å². The molecule has 1 aliphatic rings. The second kappa shape index (κ2) is 10.7. The van der Waals surface area contributed by atoms with Gasteiger partial charge in [-0.1, -0.05) is 6.07 Å². The zero-order chi connectivity index (χ0) is 25.8. The van der Waals surface area contributed by atoms with Crippen LogP contribution in [-0.4, -0.2) is 59.3 Å². The van der Waals surface area contributed by atoms with Gasteiger partial charge in [-0.15, -0.1) is 0 Å². The fourth-order valence-corrected chi connectivity index (χ4v) is 4.28. The minimum Gasteiger partial charge on any atom is -0.454 e. The number of amides is 2. The average Bonchev–Trinajstić information content (AvgIpc) is 3.59. The van der Waals surface area contributed by atoms with E-state index in [-0.39, 0.29) is 5.75 Å². The minimum atomic E-state index is -0.606. The first-order valence-corrected chi connectivity index (χ1v) is 12.0. The number of nitrogens with one attached hydrogen (secondary N) is 3. The monoisotopic (exact) mass is 501 g/mol. The number of carbonyl (C=O) groups is 1. The number of carbonyl (C=O) groups excluding carboxylic acids is 1. The molecule has 1 fully saturated rings. The van der Waals surface area contributed by atoms with E-state index in [4.69, 9.17) is 4.74 Å². The fourth-order valence-electron chi connectivity index (χ4n) is 4.28. The number of pyridine rings is 1. The van der Waals surface area contributed by atoms with Crippen molar-refractivity contribution in [1.82, 2.24) is 20.1 Å². The number of aromatic amines is 1. The normalized spacial score (nSPS) is 15.1. The van der Waals surface area contributed by atoms with Crippen LogP contribution >= 0.6 is 0 Å². The van der Waals surface area contributed by atoms with Gasteiger partial charge in [0, 0.05) is 66.3 Å². The van der Waals surface area contributed by atoms with Gasteiger partial charge in [0.25, 0.3) is 0 Å². The van der Waals surface area contributed by atoms with Crippen molar-refractivity contribution in [3.63, 3.8) is 0 Å². The van der Waals surface area contributed by atoms with Gasteiger partial charge in [-0.05, 0) is 56.9 Å². The van der Waals surface area contributed by atoms with Gasteiger partial charge in [0.1, 0.15) is 5.75 Å². The number of rotatable bonds is 7. The van der Waals surface area contributed by atoms with E-state index in [9.17, 15) is 9.18 Å². The van der Waals surface area contributed by atoms with E-state index in [1.807, 2.05) is 24.3 Å². The molecule has 10 heteroatoms. The van der Waals surface area contributed by atoms with Crippen molar-refractivity contribution >= 4 is 23.1 Å². The third-order valence-electron chi connectivity index (χ3n) is 6.31. The van der Waals surface area contributed by atoms with Crippen molar-refractivity contribution < 1.29 is 13.9 Å². The lowest BCUT2D eigenvalue weighted by Gasteiger charge is -2.22. The summed E-state index contributed by atoms with van der Waals surface area (Å²) in [6, 6.07) is 15.4. The second-order valence-corrected chi connectivity index (χ2v) is 9.09. The number of likely N-dealkylation sites (N-methyl/N-ethyl adjacent to an activating group) is 1. The van der Waals surface area contributed by atoms with E-state index in [1.54, 1.807) is 36.8 Å². The molecule has 1 saturated heterocycles. The van der Waals surface area contributed by atoms with Crippen LogP contribution < -0.4 is 20.3 Å². The number of anilines is 3. The SMILES string of the molecule is CN(C)C1CCN(c2cccc(NC(=O)Nc3ccc(Oc4ccnc(-c5cn[nH]c5)c4)c(F)c3)c2)C1. The molecule has 0 bridgehead atoms. The molecule has 0 aliphatic carbocycles. The standard InChI is InChI=1S/C27H28FN7O2/c1-34(2)22-9-11-35(17-22)21-5-3-4-19(12-21)32-27(36)33-20-6-7-26(24(28)13-20)37-23-8-10-29-25(14-23)18-15-30-31-16-18/h3-8,10,12-16,22H,9,11,17H2,1-2H3,(H,30,31)(H2,32,33,36). The number of halogens is 1. The van der Waals surface area contributed by atoms with Crippen LogP contribution in [0.1, 0.15) is 6.42 Å². The predicted octanol–water partition coefficient (Wildman–Crippen LogP) is 5.19. The first-order valence-electron chi connectivity index (χ1n) is 12.0. The van der Waals surface area contributed by atoms with Gasteiger partial charge in [-0.25, -0.2) is 9.18 Å². The van der Waals surface area contributed by atoms with Gasteiger partial charge in [0.05, 0.1) is 11.9 Å². The summed E-state index contributed by atoms with van der Waals surface area (Å²) in [6.07, 6.45) is 6.03. The number of urea groups is 1. The summed E-state index contributed by atoms with van der Waals surface area (Å²) in [6.45, 7) is 1.91. The molecular formula is C27H28FN7O2. The predicted molar refractivity (Wildman–Crippen MR) is 142 cm³/mol. The van der Waals surface area contributed by atoms with Crippen molar-refractivity contribution in [1.29, 1.82) is 0 Å².